The zero-order valence-corrected chi connectivity index (χ0v) is 14.0. The van der Waals surface area contributed by atoms with Gasteiger partial charge in [0.25, 0.3) is 0 Å². The fourth-order valence-electron chi connectivity index (χ4n) is 2.00. The summed E-state index contributed by atoms with van der Waals surface area (Å²) in [7, 11) is 1.34. The second-order valence-electron chi connectivity index (χ2n) is 5.02. The van der Waals surface area contributed by atoms with Gasteiger partial charge in [-0.05, 0) is 44.0 Å². The number of halogens is 1. The average molecular weight is 329 g/mol. The number of carbonyl (C=O) groups is 2. The minimum Gasteiger partial charge on any atom is -0.465 e. The molecule has 0 spiro atoms. The SMILES string of the molecule is COC(=O)c1ccc(C)c(NC(=O)CCCCCCN)c1.Cl. The summed E-state index contributed by atoms with van der Waals surface area (Å²) in [6, 6.07) is 5.13. The van der Waals surface area contributed by atoms with Crippen molar-refractivity contribution < 1.29 is 14.3 Å². The Morgan fingerprint density at radius 3 is 2.50 bits per heavy atom. The second-order valence-corrected chi connectivity index (χ2v) is 5.02. The van der Waals surface area contributed by atoms with Gasteiger partial charge in [-0.15, -0.1) is 12.4 Å². The maximum atomic E-state index is 11.9. The molecule has 0 fully saturated rings. The number of carbonyl (C=O) groups excluding carboxylic acids is 2. The van der Waals surface area contributed by atoms with E-state index in [2.05, 4.69) is 10.1 Å². The largest absolute Gasteiger partial charge is 0.465 e. The minimum atomic E-state index is -0.410. The van der Waals surface area contributed by atoms with Gasteiger partial charge in [0.2, 0.25) is 5.91 Å². The van der Waals surface area contributed by atoms with Crippen molar-refractivity contribution in [1.29, 1.82) is 0 Å². The Hall–Kier alpha value is -1.59. The van der Waals surface area contributed by atoms with Gasteiger partial charge in [0.1, 0.15) is 0 Å². The molecule has 0 aliphatic rings. The van der Waals surface area contributed by atoms with E-state index in [4.69, 9.17) is 5.73 Å². The van der Waals surface area contributed by atoms with Crippen LogP contribution in [0.2, 0.25) is 0 Å². The number of nitrogens with one attached hydrogen (secondary N) is 1. The number of benzene rings is 1. The minimum absolute atomic E-state index is 0. The number of hydrogen-bond acceptors (Lipinski definition) is 4. The highest BCUT2D eigenvalue weighted by atomic mass is 35.5. The Morgan fingerprint density at radius 1 is 1.18 bits per heavy atom. The number of amides is 1. The predicted molar refractivity (Wildman–Crippen MR) is 90.5 cm³/mol. The Morgan fingerprint density at radius 2 is 1.86 bits per heavy atom. The monoisotopic (exact) mass is 328 g/mol. The molecule has 22 heavy (non-hydrogen) atoms. The summed E-state index contributed by atoms with van der Waals surface area (Å²) >= 11 is 0. The molecule has 0 radical (unpaired) electrons. The van der Waals surface area contributed by atoms with Gasteiger partial charge in [0, 0.05) is 12.1 Å². The van der Waals surface area contributed by atoms with Crippen LogP contribution in [-0.2, 0) is 9.53 Å². The molecule has 5 nitrogen and oxygen atoms in total. The number of ether oxygens (including phenoxy) is 1. The van der Waals surface area contributed by atoms with Gasteiger partial charge in [-0.1, -0.05) is 18.9 Å². The average Bonchev–Trinajstić information content (AvgIpc) is 2.48. The number of nitrogens with two attached hydrogens (primary N) is 1. The van der Waals surface area contributed by atoms with Crippen molar-refractivity contribution in [1.82, 2.24) is 0 Å². The zero-order valence-electron chi connectivity index (χ0n) is 13.2. The third-order valence-electron chi connectivity index (χ3n) is 3.29. The van der Waals surface area contributed by atoms with E-state index in [1.54, 1.807) is 18.2 Å². The Labute approximate surface area is 138 Å². The third-order valence-corrected chi connectivity index (χ3v) is 3.29. The highest BCUT2D eigenvalue weighted by molar-refractivity contribution is 5.95. The molecule has 0 bridgehead atoms. The molecule has 3 N–H and O–H groups in total. The summed E-state index contributed by atoms with van der Waals surface area (Å²) < 4.78 is 4.68. The maximum absolute atomic E-state index is 11.9. The lowest BCUT2D eigenvalue weighted by Gasteiger charge is -2.10. The molecular formula is C16H25ClN2O3. The van der Waals surface area contributed by atoms with Crippen LogP contribution >= 0.6 is 12.4 Å². The van der Waals surface area contributed by atoms with Gasteiger partial charge in [0.05, 0.1) is 12.7 Å². The molecule has 1 amide bonds. The first kappa shape index (κ1) is 20.4. The standard InChI is InChI=1S/C16H24N2O3.ClH/c1-12-8-9-13(16(20)21-2)11-14(12)18-15(19)7-5-3-4-6-10-17;/h8-9,11H,3-7,10,17H2,1-2H3,(H,18,19);1H. The lowest BCUT2D eigenvalue weighted by molar-refractivity contribution is -0.116. The fourth-order valence-corrected chi connectivity index (χ4v) is 2.00. The number of anilines is 1. The fraction of sp³-hybridized carbons (Fsp3) is 0.500. The van der Waals surface area contributed by atoms with Crippen molar-refractivity contribution in [2.24, 2.45) is 5.73 Å². The highest BCUT2D eigenvalue weighted by Gasteiger charge is 2.10. The van der Waals surface area contributed by atoms with Gasteiger partial charge >= 0.3 is 5.97 Å². The van der Waals surface area contributed by atoms with Gasteiger partial charge in [-0.25, -0.2) is 4.79 Å². The van der Waals surface area contributed by atoms with Crippen LogP contribution in [0.5, 0.6) is 0 Å². The van der Waals surface area contributed by atoms with Crippen LogP contribution in [0.25, 0.3) is 0 Å². The highest BCUT2D eigenvalue weighted by Crippen LogP contribution is 2.18. The molecule has 1 rings (SSSR count). The summed E-state index contributed by atoms with van der Waals surface area (Å²) in [4.78, 5) is 23.4. The van der Waals surface area contributed by atoms with E-state index in [-0.39, 0.29) is 18.3 Å². The smallest absolute Gasteiger partial charge is 0.337 e. The number of hydrogen-bond donors (Lipinski definition) is 2. The predicted octanol–water partition coefficient (Wildman–Crippen LogP) is 3.05. The quantitative estimate of drug-likeness (QED) is 0.567. The molecule has 124 valence electrons. The van der Waals surface area contributed by atoms with Crippen LogP contribution in [0.4, 0.5) is 5.69 Å². The number of rotatable bonds is 8. The maximum Gasteiger partial charge on any atom is 0.337 e. The zero-order chi connectivity index (χ0) is 15.7. The Balaban J connectivity index is 0.00000441. The summed E-state index contributed by atoms with van der Waals surface area (Å²) in [5.41, 5.74) is 7.43. The van der Waals surface area contributed by atoms with Gasteiger partial charge < -0.3 is 15.8 Å². The molecule has 0 saturated heterocycles. The lowest BCUT2D eigenvalue weighted by atomic mass is 10.1. The Kier molecular flexibility index (Phi) is 10.2. The van der Waals surface area contributed by atoms with Crippen molar-refractivity contribution in [3.8, 4) is 0 Å². The molecule has 0 aliphatic carbocycles. The first-order valence-corrected chi connectivity index (χ1v) is 7.27. The van der Waals surface area contributed by atoms with Gasteiger partial charge in [-0.2, -0.15) is 0 Å². The summed E-state index contributed by atoms with van der Waals surface area (Å²) in [5, 5.41) is 2.85. The van der Waals surface area contributed by atoms with Gasteiger partial charge in [0.15, 0.2) is 0 Å². The molecule has 6 heteroatoms. The topological polar surface area (TPSA) is 81.4 Å². The van der Waals surface area contributed by atoms with Crippen molar-refractivity contribution in [3.05, 3.63) is 29.3 Å². The van der Waals surface area contributed by atoms with E-state index in [0.717, 1.165) is 31.2 Å². The first-order valence-electron chi connectivity index (χ1n) is 7.27. The van der Waals surface area contributed by atoms with Crippen LogP contribution in [-0.4, -0.2) is 25.5 Å². The van der Waals surface area contributed by atoms with E-state index in [9.17, 15) is 9.59 Å². The van der Waals surface area contributed by atoms with Crippen molar-refractivity contribution in [2.75, 3.05) is 19.0 Å². The Bertz CT molecular complexity index is 492. The van der Waals surface area contributed by atoms with Crippen molar-refractivity contribution in [2.45, 2.75) is 39.0 Å². The number of aryl methyl sites for hydroxylation is 1. The normalized spacial score (nSPS) is 9.77. The lowest BCUT2D eigenvalue weighted by Crippen LogP contribution is -2.13. The van der Waals surface area contributed by atoms with E-state index >= 15 is 0 Å². The van der Waals surface area contributed by atoms with E-state index < -0.39 is 5.97 Å². The first-order chi connectivity index (χ1) is 10.1. The molecule has 1 aromatic rings. The van der Waals surface area contributed by atoms with Crippen molar-refractivity contribution >= 4 is 30.0 Å². The molecule has 0 heterocycles. The summed E-state index contributed by atoms with van der Waals surface area (Å²) in [6.07, 6.45) is 4.39. The number of unbranched alkanes of at least 4 members (excludes halogenated alkanes) is 3. The van der Waals surface area contributed by atoms with Crippen molar-refractivity contribution in [3.63, 3.8) is 0 Å². The molecule has 0 unspecified atom stereocenters. The number of esters is 1. The van der Waals surface area contributed by atoms with Gasteiger partial charge in [-0.3, -0.25) is 4.79 Å². The van der Waals surface area contributed by atoms with E-state index in [1.807, 2.05) is 6.92 Å². The molecule has 0 atom stereocenters. The van der Waals surface area contributed by atoms with E-state index in [0.29, 0.717) is 24.2 Å². The third kappa shape index (κ3) is 6.91. The molecular weight excluding hydrogens is 304 g/mol. The van der Waals surface area contributed by atoms with Crippen LogP contribution in [0, 0.1) is 6.92 Å². The van der Waals surface area contributed by atoms with Crippen LogP contribution < -0.4 is 11.1 Å². The molecule has 0 saturated carbocycles. The summed E-state index contributed by atoms with van der Waals surface area (Å²) in [6.45, 7) is 2.59. The molecule has 1 aromatic carbocycles. The molecule has 0 aliphatic heterocycles. The number of methoxy groups -OCH3 is 1. The van der Waals surface area contributed by atoms with E-state index in [1.165, 1.54) is 7.11 Å². The van der Waals surface area contributed by atoms with Crippen LogP contribution in [0.3, 0.4) is 0 Å². The van der Waals surface area contributed by atoms with Crippen LogP contribution in [0.1, 0.15) is 48.0 Å². The van der Waals surface area contributed by atoms with Crippen LogP contribution in [0.15, 0.2) is 18.2 Å². The summed E-state index contributed by atoms with van der Waals surface area (Å²) in [5.74, 6) is -0.444. The second kappa shape index (κ2) is 11.0. The molecule has 0 aromatic heterocycles.